The molecular weight excluding hydrogens is 236 g/mol. The van der Waals surface area contributed by atoms with Crippen LogP contribution >= 0.6 is 0 Å². The van der Waals surface area contributed by atoms with Crippen LogP contribution in [0.4, 0.5) is 0 Å². The molecule has 1 saturated heterocycles. The predicted molar refractivity (Wildman–Crippen MR) is 74.5 cm³/mol. The number of amides is 1. The molecule has 1 unspecified atom stereocenters. The molecule has 1 aliphatic carbocycles. The molecule has 102 valence electrons. The van der Waals surface area contributed by atoms with E-state index in [1.807, 2.05) is 12.3 Å². The monoisotopic (exact) mass is 258 g/mol. The second-order valence-corrected chi connectivity index (χ2v) is 5.81. The van der Waals surface area contributed by atoms with Gasteiger partial charge in [0.15, 0.2) is 0 Å². The van der Waals surface area contributed by atoms with Crippen molar-refractivity contribution in [2.75, 3.05) is 6.54 Å². The number of aromatic nitrogens is 1. The van der Waals surface area contributed by atoms with E-state index in [1.165, 1.54) is 24.8 Å². The average molecular weight is 258 g/mol. The minimum atomic E-state index is 0.267. The van der Waals surface area contributed by atoms with Crippen molar-refractivity contribution in [2.24, 2.45) is 5.92 Å². The van der Waals surface area contributed by atoms with Gasteiger partial charge in [0.05, 0.1) is 6.04 Å². The van der Waals surface area contributed by atoms with Crippen molar-refractivity contribution >= 4 is 5.91 Å². The lowest BCUT2D eigenvalue weighted by molar-refractivity contribution is -0.137. The van der Waals surface area contributed by atoms with Crippen molar-refractivity contribution < 1.29 is 4.79 Å². The van der Waals surface area contributed by atoms with Crippen molar-refractivity contribution in [3.05, 3.63) is 30.1 Å². The predicted octanol–water partition coefficient (Wildman–Crippen LogP) is 3.33. The molecule has 0 N–H and O–H groups in total. The largest absolute Gasteiger partial charge is 0.335 e. The normalized spacial score (nSPS) is 24.6. The van der Waals surface area contributed by atoms with Gasteiger partial charge in [-0.15, -0.1) is 0 Å². The van der Waals surface area contributed by atoms with Crippen LogP contribution in [-0.2, 0) is 4.79 Å². The summed E-state index contributed by atoms with van der Waals surface area (Å²) in [5.74, 6) is 0.678. The summed E-state index contributed by atoms with van der Waals surface area (Å²) in [4.78, 5) is 19.0. The number of pyridine rings is 1. The molecule has 0 radical (unpaired) electrons. The Hall–Kier alpha value is -1.38. The molecule has 19 heavy (non-hydrogen) atoms. The Bertz CT molecular complexity index is 426. The number of carbonyl (C=O) groups excluding carboxylic acids is 1. The van der Waals surface area contributed by atoms with Gasteiger partial charge >= 0.3 is 0 Å². The quantitative estimate of drug-likeness (QED) is 0.815. The van der Waals surface area contributed by atoms with E-state index in [1.54, 1.807) is 6.20 Å². The summed E-state index contributed by atoms with van der Waals surface area (Å²) in [5, 5.41) is 0. The van der Waals surface area contributed by atoms with Crippen LogP contribution in [0.5, 0.6) is 0 Å². The molecule has 1 aliphatic heterocycles. The maximum Gasteiger partial charge on any atom is 0.226 e. The lowest BCUT2D eigenvalue weighted by Crippen LogP contribution is -2.36. The SMILES string of the molecule is O=C(C1CCCCC1)N1CCCC1c1cccnc1. The van der Waals surface area contributed by atoms with Crippen molar-refractivity contribution in [1.82, 2.24) is 9.88 Å². The molecular formula is C16H22N2O. The molecule has 0 aromatic carbocycles. The summed E-state index contributed by atoms with van der Waals surface area (Å²) in [6, 6.07) is 4.34. The first kappa shape index (κ1) is 12.6. The minimum Gasteiger partial charge on any atom is -0.335 e. The minimum absolute atomic E-state index is 0.267. The summed E-state index contributed by atoms with van der Waals surface area (Å²) >= 11 is 0. The number of rotatable bonds is 2. The third-order valence-corrected chi connectivity index (χ3v) is 4.56. The molecule has 1 aromatic heterocycles. The fraction of sp³-hybridized carbons (Fsp3) is 0.625. The third kappa shape index (κ3) is 2.65. The highest BCUT2D eigenvalue weighted by Crippen LogP contribution is 2.35. The van der Waals surface area contributed by atoms with Crippen LogP contribution in [-0.4, -0.2) is 22.3 Å². The number of hydrogen-bond acceptors (Lipinski definition) is 2. The summed E-state index contributed by atoms with van der Waals surface area (Å²) in [7, 11) is 0. The number of likely N-dealkylation sites (tertiary alicyclic amines) is 1. The Morgan fingerprint density at radius 3 is 2.74 bits per heavy atom. The molecule has 2 heterocycles. The highest BCUT2D eigenvalue weighted by molar-refractivity contribution is 5.79. The molecule has 3 rings (SSSR count). The zero-order chi connectivity index (χ0) is 13.1. The molecule has 0 bridgehead atoms. The lowest BCUT2D eigenvalue weighted by atomic mass is 9.88. The van der Waals surface area contributed by atoms with Crippen LogP contribution < -0.4 is 0 Å². The van der Waals surface area contributed by atoms with Crippen molar-refractivity contribution in [1.29, 1.82) is 0 Å². The van der Waals surface area contributed by atoms with Gasteiger partial charge in [-0.1, -0.05) is 25.3 Å². The van der Waals surface area contributed by atoms with E-state index in [0.717, 1.165) is 32.2 Å². The van der Waals surface area contributed by atoms with E-state index in [2.05, 4.69) is 16.0 Å². The van der Waals surface area contributed by atoms with E-state index >= 15 is 0 Å². The molecule has 1 aromatic rings. The van der Waals surface area contributed by atoms with Crippen LogP contribution in [0.1, 0.15) is 56.6 Å². The zero-order valence-corrected chi connectivity index (χ0v) is 11.4. The van der Waals surface area contributed by atoms with Crippen molar-refractivity contribution in [3.63, 3.8) is 0 Å². The highest BCUT2D eigenvalue weighted by Gasteiger charge is 2.34. The van der Waals surface area contributed by atoms with E-state index in [-0.39, 0.29) is 12.0 Å². The van der Waals surface area contributed by atoms with Gasteiger partial charge in [0, 0.05) is 24.9 Å². The molecule has 2 aliphatic rings. The molecule has 3 nitrogen and oxygen atoms in total. The summed E-state index contributed by atoms with van der Waals surface area (Å²) < 4.78 is 0. The maximum atomic E-state index is 12.7. The second kappa shape index (κ2) is 5.72. The molecule has 3 heteroatoms. The fourth-order valence-electron chi connectivity index (χ4n) is 3.53. The van der Waals surface area contributed by atoms with Crippen molar-refractivity contribution in [2.45, 2.75) is 51.0 Å². The Labute approximate surface area is 115 Å². The van der Waals surface area contributed by atoms with E-state index in [9.17, 15) is 4.79 Å². The second-order valence-electron chi connectivity index (χ2n) is 5.81. The molecule has 0 spiro atoms. The first-order chi connectivity index (χ1) is 9.36. The van der Waals surface area contributed by atoms with Gasteiger partial charge in [-0.3, -0.25) is 9.78 Å². The Morgan fingerprint density at radius 2 is 2.00 bits per heavy atom. The van der Waals surface area contributed by atoms with E-state index < -0.39 is 0 Å². The number of hydrogen-bond donors (Lipinski definition) is 0. The van der Waals surface area contributed by atoms with Gasteiger partial charge in [0.1, 0.15) is 0 Å². The summed E-state index contributed by atoms with van der Waals surface area (Å²) in [6.07, 6.45) is 11.9. The number of nitrogens with zero attached hydrogens (tertiary/aromatic N) is 2. The first-order valence-corrected chi connectivity index (χ1v) is 7.56. The molecule has 1 atom stereocenters. The van der Waals surface area contributed by atoms with E-state index in [0.29, 0.717) is 5.91 Å². The molecule has 1 saturated carbocycles. The van der Waals surface area contributed by atoms with Gasteiger partial charge < -0.3 is 4.90 Å². The van der Waals surface area contributed by atoms with Crippen LogP contribution in [0.2, 0.25) is 0 Å². The summed E-state index contributed by atoms with van der Waals surface area (Å²) in [6.45, 7) is 0.925. The van der Waals surface area contributed by atoms with Crippen LogP contribution in [0.3, 0.4) is 0 Å². The van der Waals surface area contributed by atoms with E-state index in [4.69, 9.17) is 0 Å². The summed E-state index contributed by atoms with van der Waals surface area (Å²) in [5.41, 5.74) is 1.20. The zero-order valence-electron chi connectivity index (χ0n) is 11.4. The first-order valence-electron chi connectivity index (χ1n) is 7.56. The molecule has 2 fully saturated rings. The van der Waals surface area contributed by atoms with Crippen LogP contribution in [0, 0.1) is 5.92 Å². The molecule has 1 amide bonds. The average Bonchev–Trinajstić information content (AvgIpc) is 2.98. The smallest absolute Gasteiger partial charge is 0.226 e. The lowest BCUT2D eigenvalue weighted by Gasteiger charge is -2.30. The Morgan fingerprint density at radius 1 is 1.16 bits per heavy atom. The van der Waals surface area contributed by atoms with Gasteiger partial charge in [-0.2, -0.15) is 0 Å². The van der Waals surface area contributed by atoms with Gasteiger partial charge in [-0.05, 0) is 37.3 Å². The standard InChI is InChI=1S/C16H22N2O/c19-16(13-6-2-1-3-7-13)18-11-5-9-15(18)14-8-4-10-17-12-14/h4,8,10,12-13,15H,1-3,5-7,9,11H2. The van der Waals surface area contributed by atoms with Gasteiger partial charge in [0.2, 0.25) is 5.91 Å². The van der Waals surface area contributed by atoms with Gasteiger partial charge in [-0.25, -0.2) is 0 Å². The van der Waals surface area contributed by atoms with Crippen LogP contribution in [0.15, 0.2) is 24.5 Å². The topological polar surface area (TPSA) is 33.2 Å². The van der Waals surface area contributed by atoms with Crippen molar-refractivity contribution in [3.8, 4) is 0 Å². The maximum absolute atomic E-state index is 12.7. The van der Waals surface area contributed by atoms with Gasteiger partial charge in [0.25, 0.3) is 0 Å². The Kier molecular flexibility index (Phi) is 3.81. The Balaban J connectivity index is 1.74. The highest BCUT2D eigenvalue weighted by atomic mass is 16.2. The fourth-order valence-corrected chi connectivity index (χ4v) is 3.53. The number of carbonyl (C=O) groups is 1. The third-order valence-electron chi connectivity index (χ3n) is 4.56. The van der Waals surface area contributed by atoms with Crippen LogP contribution in [0.25, 0.3) is 0 Å².